The lowest BCUT2D eigenvalue weighted by atomic mass is 10.3. The summed E-state index contributed by atoms with van der Waals surface area (Å²) >= 11 is 0. The van der Waals surface area contributed by atoms with Crippen molar-refractivity contribution in [2.45, 2.75) is 26.7 Å². The van der Waals surface area contributed by atoms with Crippen LogP contribution >= 0.6 is 0 Å². The number of nitrogens with zero attached hydrogens (tertiary/aromatic N) is 1. The summed E-state index contributed by atoms with van der Waals surface area (Å²) in [6, 6.07) is 0. The van der Waals surface area contributed by atoms with Crippen LogP contribution in [0, 0.1) is 5.41 Å². The van der Waals surface area contributed by atoms with Crippen LogP contribution in [0.25, 0.3) is 0 Å². The van der Waals surface area contributed by atoms with Crippen molar-refractivity contribution in [2.75, 3.05) is 6.54 Å². The zero-order chi connectivity index (χ0) is 7.98. The molecule has 0 saturated carbocycles. The molecule has 0 heterocycles. The van der Waals surface area contributed by atoms with Crippen LogP contribution in [-0.2, 0) is 0 Å². The fraction of sp³-hybridized carbons (Fsp3) is 0.625. The van der Waals surface area contributed by atoms with Crippen LogP contribution in [0.1, 0.15) is 26.7 Å². The van der Waals surface area contributed by atoms with Crippen LogP contribution in [0.3, 0.4) is 0 Å². The van der Waals surface area contributed by atoms with E-state index in [0.717, 1.165) is 19.4 Å². The van der Waals surface area contributed by atoms with Crippen LogP contribution in [0.5, 0.6) is 0 Å². The average Bonchev–Trinajstić information content (AvgIpc) is 1.99. The van der Waals surface area contributed by atoms with E-state index in [2.05, 4.69) is 13.5 Å². The topological polar surface area (TPSA) is 27.1 Å². The zero-order valence-corrected chi connectivity index (χ0v) is 6.85. The predicted octanol–water partition coefficient (Wildman–Crippen LogP) is 2.23. The normalized spacial score (nSPS) is 9.00. The molecule has 0 radical (unpaired) electrons. The van der Waals surface area contributed by atoms with Gasteiger partial charge in [0, 0.05) is 13.0 Å². The highest BCUT2D eigenvalue weighted by Gasteiger charge is 1.99. The van der Waals surface area contributed by atoms with E-state index in [1.807, 2.05) is 11.8 Å². The molecular weight excluding hydrogens is 124 g/mol. The smallest absolute Gasteiger partial charge is 0.0994 e. The van der Waals surface area contributed by atoms with Crippen molar-refractivity contribution < 1.29 is 0 Å². The van der Waals surface area contributed by atoms with Crippen molar-refractivity contribution in [3.05, 3.63) is 12.8 Å². The third kappa shape index (κ3) is 2.67. The molecule has 2 heteroatoms. The Kier molecular flexibility index (Phi) is 4.63. The van der Waals surface area contributed by atoms with Gasteiger partial charge in [-0.1, -0.05) is 20.4 Å². The van der Waals surface area contributed by atoms with Gasteiger partial charge in [-0.15, -0.1) is 0 Å². The first-order chi connectivity index (χ1) is 4.76. The summed E-state index contributed by atoms with van der Waals surface area (Å²) < 4.78 is 0. The summed E-state index contributed by atoms with van der Waals surface area (Å²) in [5, 5.41) is 7.45. The third-order valence-corrected chi connectivity index (χ3v) is 1.37. The van der Waals surface area contributed by atoms with E-state index in [-0.39, 0.29) is 0 Å². The molecule has 0 aromatic rings. The fourth-order valence-electron chi connectivity index (χ4n) is 0.780. The molecular formula is C8H16N2. The fourth-order valence-corrected chi connectivity index (χ4v) is 0.780. The van der Waals surface area contributed by atoms with Gasteiger partial charge >= 0.3 is 0 Å². The van der Waals surface area contributed by atoms with Crippen LogP contribution < -0.4 is 0 Å². The Balaban J connectivity index is 3.80. The summed E-state index contributed by atoms with van der Waals surface area (Å²) in [7, 11) is 0. The number of hydrogen-bond donors (Lipinski definition) is 1. The van der Waals surface area contributed by atoms with Gasteiger partial charge in [0.1, 0.15) is 0 Å². The monoisotopic (exact) mass is 140 g/mol. The second-order valence-corrected chi connectivity index (χ2v) is 2.18. The lowest BCUT2D eigenvalue weighted by Gasteiger charge is -2.18. The first-order valence-corrected chi connectivity index (χ1v) is 3.72. The SMILES string of the molecule is C=CN(CCC)C(=N)CC. The average molecular weight is 140 g/mol. The van der Waals surface area contributed by atoms with Gasteiger partial charge in [0.15, 0.2) is 0 Å². The van der Waals surface area contributed by atoms with Crippen LogP contribution in [0.15, 0.2) is 12.8 Å². The van der Waals surface area contributed by atoms with Crippen LogP contribution in [-0.4, -0.2) is 17.3 Å². The van der Waals surface area contributed by atoms with E-state index >= 15 is 0 Å². The second kappa shape index (κ2) is 5.03. The van der Waals surface area contributed by atoms with E-state index in [9.17, 15) is 0 Å². The number of rotatable bonds is 4. The molecule has 1 N–H and O–H groups in total. The standard InChI is InChI=1S/C8H16N2/c1-4-7-10(6-3)8(9)5-2/h6,9H,3-5,7H2,1-2H3. The molecule has 0 unspecified atom stereocenters. The number of amidine groups is 1. The van der Waals surface area contributed by atoms with Crippen LogP contribution in [0.2, 0.25) is 0 Å². The quantitative estimate of drug-likeness (QED) is 0.470. The molecule has 0 aliphatic heterocycles. The molecule has 0 rings (SSSR count). The molecule has 0 amide bonds. The Morgan fingerprint density at radius 3 is 2.50 bits per heavy atom. The Bertz CT molecular complexity index is 118. The Morgan fingerprint density at radius 1 is 1.60 bits per heavy atom. The van der Waals surface area contributed by atoms with Gasteiger partial charge in [0.25, 0.3) is 0 Å². The molecule has 0 fully saturated rings. The number of nitrogens with one attached hydrogen (secondary N) is 1. The van der Waals surface area contributed by atoms with E-state index in [1.165, 1.54) is 0 Å². The summed E-state index contributed by atoms with van der Waals surface area (Å²) in [4.78, 5) is 1.88. The first kappa shape index (κ1) is 9.21. The van der Waals surface area contributed by atoms with Crippen LogP contribution in [0.4, 0.5) is 0 Å². The molecule has 0 saturated heterocycles. The van der Waals surface area contributed by atoms with Gasteiger partial charge < -0.3 is 4.90 Å². The molecule has 0 aliphatic rings. The Morgan fingerprint density at radius 2 is 2.20 bits per heavy atom. The summed E-state index contributed by atoms with van der Waals surface area (Å²) in [6.45, 7) is 8.62. The van der Waals surface area contributed by atoms with Crippen molar-refractivity contribution in [1.29, 1.82) is 5.41 Å². The van der Waals surface area contributed by atoms with Crippen molar-refractivity contribution in [1.82, 2.24) is 4.90 Å². The highest BCUT2D eigenvalue weighted by atomic mass is 15.1. The minimum atomic E-state index is 0.650. The molecule has 2 nitrogen and oxygen atoms in total. The summed E-state index contributed by atoms with van der Waals surface area (Å²) in [5.41, 5.74) is 0. The molecule has 0 spiro atoms. The van der Waals surface area contributed by atoms with E-state index < -0.39 is 0 Å². The summed E-state index contributed by atoms with van der Waals surface area (Å²) in [5.74, 6) is 0.650. The van der Waals surface area contributed by atoms with Crippen molar-refractivity contribution in [3.8, 4) is 0 Å². The third-order valence-electron chi connectivity index (χ3n) is 1.37. The Labute approximate surface area is 63.0 Å². The van der Waals surface area contributed by atoms with E-state index in [4.69, 9.17) is 5.41 Å². The number of hydrogen-bond acceptors (Lipinski definition) is 1. The van der Waals surface area contributed by atoms with Gasteiger partial charge in [-0.3, -0.25) is 5.41 Å². The van der Waals surface area contributed by atoms with Gasteiger partial charge in [-0.2, -0.15) is 0 Å². The molecule has 0 aromatic carbocycles. The Hall–Kier alpha value is -0.790. The lowest BCUT2D eigenvalue weighted by molar-refractivity contribution is 0.536. The van der Waals surface area contributed by atoms with E-state index in [0.29, 0.717) is 5.84 Å². The highest BCUT2D eigenvalue weighted by Crippen LogP contribution is 1.95. The molecule has 0 bridgehead atoms. The lowest BCUT2D eigenvalue weighted by Crippen LogP contribution is -2.24. The van der Waals surface area contributed by atoms with Crippen molar-refractivity contribution >= 4 is 5.84 Å². The minimum Gasteiger partial charge on any atom is -0.338 e. The van der Waals surface area contributed by atoms with Crippen molar-refractivity contribution in [2.24, 2.45) is 0 Å². The largest absolute Gasteiger partial charge is 0.338 e. The maximum atomic E-state index is 7.45. The molecule has 0 aliphatic carbocycles. The second-order valence-electron chi connectivity index (χ2n) is 2.18. The zero-order valence-electron chi connectivity index (χ0n) is 6.85. The van der Waals surface area contributed by atoms with E-state index in [1.54, 1.807) is 6.20 Å². The predicted molar refractivity (Wildman–Crippen MR) is 45.2 cm³/mol. The molecule has 0 aromatic heterocycles. The maximum absolute atomic E-state index is 7.45. The molecule has 10 heavy (non-hydrogen) atoms. The van der Waals surface area contributed by atoms with Gasteiger partial charge in [-0.25, -0.2) is 0 Å². The minimum absolute atomic E-state index is 0.650. The van der Waals surface area contributed by atoms with Gasteiger partial charge in [0.2, 0.25) is 0 Å². The highest BCUT2D eigenvalue weighted by molar-refractivity contribution is 5.79. The summed E-state index contributed by atoms with van der Waals surface area (Å²) in [6.07, 6.45) is 3.57. The first-order valence-electron chi connectivity index (χ1n) is 3.72. The maximum Gasteiger partial charge on any atom is 0.0994 e. The van der Waals surface area contributed by atoms with Gasteiger partial charge in [-0.05, 0) is 12.6 Å². The van der Waals surface area contributed by atoms with Crippen molar-refractivity contribution in [3.63, 3.8) is 0 Å². The molecule has 0 atom stereocenters. The van der Waals surface area contributed by atoms with Gasteiger partial charge in [0.05, 0.1) is 5.84 Å². The molecule has 58 valence electrons.